The van der Waals surface area contributed by atoms with E-state index in [1.54, 1.807) is 4.72 Å². The average Bonchev–Trinajstić information content (AvgIpc) is 2.27. The molecule has 0 amide bonds. The lowest BCUT2D eigenvalue weighted by Gasteiger charge is -2.10. The fraction of sp³-hybridized carbons (Fsp3) is 0.400. The van der Waals surface area contributed by atoms with Crippen LogP contribution in [0.4, 0.5) is 17.6 Å². The van der Waals surface area contributed by atoms with Gasteiger partial charge < -0.3 is 5.11 Å². The molecule has 0 heterocycles. The highest BCUT2D eigenvalue weighted by molar-refractivity contribution is 7.89. The van der Waals surface area contributed by atoms with E-state index in [1.807, 2.05) is 0 Å². The maximum absolute atomic E-state index is 13.3. The molecule has 0 bridgehead atoms. The molecule has 0 atom stereocenters. The van der Waals surface area contributed by atoms with Gasteiger partial charge >= 0.3 is 6.18 Å². The third-order valence-corrected chi connectivity index (χ3v) is 3.64. The number of hydrogen-bond donors (Lipinski definition) is 2. The molecule has 9 heteroatoms. The molecule has 0 saturated carbocycles. The molecule has 4 nitrogen and oxygen atoms in total. The Bertz CT molecular complexity index is 542. The second kappa shape index (κ2) is 5.85. The van der Waals surface area contributed by atoms with Crippen LogP contribution in [0.15, 0.2) is 23.1 Å². The van der Waals surface area contributed by atoms with Crippen LogP contribution >= 0.6 is 0 Å². The Hall–Kier alpha value is -1.19. The fourth-order valence-electron chi connectivity index (χ4n) is 1.26. The Morgan fingerprint density at radius 1 is 1.26 bits per heavy atom. The standard InChI is InChI=1S/C10H11F4NO3S/c11-8-2-1-7(6-16)5-9(8)19(17,18)15-4-3-10(12,13)14/h1-2,5,15-16H,3-4,6H2. The molecule has 0 spiro atoms. The lowest BCUT2D eigenvalue weighted by molar-refractivity contribution is -0.132. The van der Waals surface area contributed by atoms with Crippen molar-refractivity contribution in [3.05, 3.63) is 29.6 Å². The van der Waals surface area contributed by atoms with Crippen molar-refractivity contribution in [3.8, 4) is 0 Å². The molecule has 0 unspecified atom stereocenters. The average molecular weight is 301 g/mol. The summed E-state index contributed by atoms with van der Waals surface area (Å²) in [6.07, 6.45) is -5.86. The van der Waals surface area contributed by atoms with Crippen molar-refractivity contribution in [2.24, 2.45) is 0 Å². The summed E-state index contributed by atoms with van der Waals surface area (Å²) in [5.41, 5.74) is 0.137. The SMILES string of the molecule is O=S(=O)(NCCC(F)(F)F)c1cc(CO)ccc1F. The molecule has 1 rings (SSSR count). The zero-order chi connectivity index (χ0) is 14.7. The molecule has 0 radical (unpaired) electrons. The zero-order valence-electron chi connectivity index (χ0n) is 9.54. The number of benzene rings is 1. The molecule has 0 aliphatic heterocycles. The van der Waals surface area contributed by atoms with Gasteiger partial charge in [-0.3, -0.25) is 0 Å². The van der Waals surface area contributed by atoms with Gasteiger partial charge in [0.2, 0.25) is 10.0 Å². The Balaban J connectivity index is 2.88. The number of aliphatic hydroxyl groups is 1. The number of nitrogens with one attached hydrogen (secondary N) is 1. The van der Waals surface area contributed by atoms with Gasteiger partial charge in [-0.15, -0.1) is 0 Å². The molecular weight excluding hydrogens is 290 g/mol. The van der Waals surface area contributed by atoms with Crippen LogP contribution in [-0.2, 0) is 16.6 Å². The van der Waals surface area contributed by atoms with E-state index in [9.17, 15) is 26.0 Å². The number of rotatable bonds is 5. The van der Waals surface area contributed by atoms with E-state index in [1.165, 1.54) is 6.07 Å². The maximum Gasteiger partial charge on any atom is 0.390 e. The van der Waals surface area contributed by atoms with Crippen LogP contribution in [-0.4, -0.2) is 26.2 Å². The summed E-state index contributed by atoms with van der Waals surface area (Å²) >= 11 is 0. The highest BCUT2D eigenvalue weighted by Crippen LogP contribution is 2.20. The monoisotopic (exact) mass is 301 g/mol. The van der Waals surface area contributed by atoms with Crippen LogP contribution in [0.3, 0.4) is 0 Å². The van der Waals surface area contributed by atoms with Crippen LogP contribution in [0.5, 0.6) is 0 Å². The van der Waals surface area contributed by atoms with E-state index >= 15 is 0 Å². The van der Waals surface area contributed by atoms with Crippen LogP contribution < -0.4 is 4.72 Å². The normalized spacial score (nSPS) is 12.7. The van der Waals surface area contributed by atoms with Crippen LogP contribution in [0, 0.1) is 5.82 Å². The van der Waals surface area contributed by atoms with Gasteiger partial charge in [-0.2, -0.15) is 13.2 Å². The van der Waals surface area contributed by atoms with Crippen molar-refractivity contribution in [1.82, 2.24) is 4.72 Å². The van der Waals surface area contributed by atoms with E-state index < -0.39 is 46.5 Å². The predicted octanol–water partition coefficient (Wildman–Crippen LogP) is 1.55. The first kappa shape index (κ1) is 15.9. The van der Waals surface area contributed by atoms with E-state index in [0.29, 0.717) is 0 Å². The van der Waals surface area contributed by atoms with E-state index in [-0.39, 0.29) is 5.56 Å². The Labute approximate surface area is 107 Å². The van der Waals surface area contributed by atoms with Gasteiger partial charge in [-0.25, -0.2) is 17.5 Å². The predicted molar refractivity (Wildman–Crippen MR) is 58.2 cm³/mol. The smallest absolute Gasteiger partial charge is 0.390 e. The lowest BCUT2D eigenvalue weighted by atomic mass is 10.2. The van der Waals surface area contributed by atoms with Crippen LogP contribution in [0.25, 0.3) is 0 Å². The van der Waals surface area contributed by atoms with Crippen molar-refractivity contribution >= 4 is 10.0 Å². The molecule has 0 aliphatic carbocycles. The molecule has 0 aliphatic rings. The van der Waals surface area contributed by atoms with Gasteiger partial charge in [0.1, 0.15) is 10.7 Å². The van der Waals surface area contributed by atoms with Crippen molar-refractivity contribution in [2.45, 2.75) is 24.1 Å². The largest absolute Gasteiger partial charge is 0.392 e. The van der Waals surface area contributed by atoms with Gasteiger partial charge in [-0.05, 0) is 17.7 Å². The van der Waals surface area contributed by atoms with Gasteiger partial charge in [0.15, 0.2) is 0 Å². The molecule has 19 heavy (non-hydrogen) atoms. The summed E-state index contributed by atoms with van der Waals surface area (Å²) in [5, 5.41) is 8.81. The molecular formula is C10H11F4NO3S. The molecule has 0 saturated heterocycles. The number of hydrogen-bond acceptors (Lipinski definition) is 3. The van der Waals surface area contributed by atoms with E-state index in [2.05, 4.69) is 0 Å². The number of alkyl halides is 3. The van der Waals surface area contributed by atoms with E-state index in [4.69, 9.17) is 5.11 Å². The Morgan fingerprint density at radius 3 is 2.42 bits per heavy atom. The first-order valence-corrected chi connectivity index (χ1v) is 6.60. The minimum absolute atomic E-state index is 0.137. The minimum Gasteiger partial charge on any atom is -0.392 e. The Kier molecular flexibility index (Phi) is 4.88. The number of halogens is 4. The summed E-state index contributed by atoms with van der Waals surface area (Å²) in [4.78, 5) is -0.791. The first-order chi connectivity index (χ1) is 8.65. The summed E-state index contributed by atoms with van der Waals surface area (Å²) in [6, 6.07) is 2.86. The second-order valence-electron chi connectivity index (χ2n) is 3.69. The number of aliphatic hydroxyl groups excluding tert-OH is 1. The van der Waals surface area contributed by atoms with Gasteiger partial charge in [0.05, 0.1) is 13.0 Å². The van der Waals surface area contributed by atoms with Gasteiger partial charge in [0.25, 0.3) is 0 Å². The molecule has 108 valence electrons. The summed E-state index contributed by atoms with van der Waals surface area (Å²) < 4.78 is 73.9. The van der Waals surface area contributed by atoms with Gasteiger partial charge in [-0.1, -0.05) is 6.07 Å². The maximum atomic E-state index is 13.3. The first-order valence-electron chi connectivity index (χ1n) is 5.11. The summed E-state index contributed by atoms with van der Waals surface area (Å²) in [7, 11) is -4.38. The molecule has 2 N–H and O–H groups in total. The lowest BCUT2D eigenvalue weighted by Crippen LogP contribution is -2.28. The topological polar surface area (TPSA) is 66.4 Å². The molecule has 0 fully saturated rings. The third-order valence-electron chi connectivity index (χ3n) is 2.17. The Morgan fingerprint density at radius 2 is 1.89 bits per heavy atom. The summed E-state index contributed by atoms with van der Waals surface area (Å²) in [6.45, 7) is -1.39. The summed E-state index contributed by atoms with van der Waals surface area (Å²) in [5.74, 6) is -1.10. The highest BCUT2D eigenvalue weighted by Gasteiger charge is 2.28. The van der Waals surface area contributed by atoms with E-state index in [0.717, 1.165) is 12.1 Å². The number of sulfonamides is 1. The van der Waals surface area contributed by atoms with Crippen molar-refractivity contribution in [2.75, 3.05) is 6.54 Å². The van der Waals surface area contributed by atoms with Crippen molar-refractivity contribution in [3.63, 3.8) is 0 Å². The highest BCUT2D eigenvalue weighted by atomic mass is 32.2. The van der Waals surface area contributed by atoms with Crippen molar-refractivity contribution in [1.29, 1.82) is 0 Å². The van der Waals surface area contributed by atoms with Crippen LogP contribution in [0.1, 0.15) is 12.0 Å². The van der Waals surface area contributed by atoms with Gasteiger partial charge in [0, 0.05) is 6.54 Å². The molecule has 1 aromatic carbocycles. The van der Waals surface area contributed by atoms with Crippen molar-refractivity contribution < 1.29 is 31.1 Å². The minimum atomic E-state index is -4.51. The van der Waals surface area contributed by atoms with Crippen LogP contribution in [0.2, 0.25) is 0 Å². The second-order valence-corrected chi connectivity index (χ2v) is 5.42. The quantitative estimate of drug-likeness (QED) is 0.811. The zero-order valence-corrected chi connectivity index (χ0v) is 10.4. The fourth-order valence-corrected chi connectivity index (χ4v) is 2.41. The molecule has 1 aromatic rings. The molecule has 0 aromatic heterocycles. The third kappa shape index (κ3) is 4.77.